The summed E-state index contributed by atoms with van der Waals surface area (Å²) in [5, 5.41) is 55.1. The van der Waals surface area contributed by atoms with Crippen molar-refractivity contribution in [2.75, 3.05) is 46.2 Å². The number of ether oxygens (including phenoxy) is 1. The second-order valence-electron chi connectivity index (χ2n) is 5.94. The fraction of sp³-hybridized carbons (Fsp3) is 0.800. The van der Waals surface area contributed by atoms with Crippen molar-refractivity contribution in [3.63, 3.8) is 0 Å². The maximum atomic E-state index is 11.8. The van der Waals surface area contributed by atoms with Crippen LogP contribution in [0.25, 0.3) is 0 Å². The lowest BCUT2D eigenvalue weighted by atomic mass is 9.84. The van der Waals surface area contributed by atoms with Crippen LogP contribution in [0.1, 0.15) is 19.3 Å². The molecule has 0 aromatic heterocycles. The topological polar surface area (TPSA) is 148 Å². The second kappa shape index (κ2) is 10.7. The Labute approximate surface area is 135 Å². The maximum Gasteiger partial charge on any atom is 0.333 e. The van der Waals surface area contributed by atoms with Crippen LogP contribution < -0.4 is 0 Å². The Hall–Kier alpha value is -1.03. The molecule has 8 nitrogen and oxygen atoms in total. The Morgan fingerprint density at radius 1 is 0.783 bits per heavy atom. The van der Waals surface area contributed by atoms with E-state index in [0.717, 1.165) is 0 Å². The van der Waals surface area contributed by atoms with Crippen molar-refractivity contribution >= 4 is 5.97 Å². The molecule has 0 atom stereocenters. The van der Waals surface area contributed by atoms with Gasteiger partial charge in [-0.05, 0) is 19.3 Å². The highest BCUT2D eigenvalue weighted by Gasteiger charge is 2.30. The third kappa shape index (κ3) is 6.54. The van der Waals surface area contributed by atoms with Crippen molar-refractivity contribution in [1.29, 1.82) is 0 Å². The highest BCUT2D eigenvalue weighted by Crippen LogP contribution is 2.25. The molecule has 23 heavy (non-hydrogen) atoms. The maximum absolute atomic E-state index is 11.8. The van der Waals surface area contributed by atoms with E-state index >= 15 is 0 Å². The van der Waals surface area contributed by atoms with Gasteiger partial charge in [-0.2, -0.15) is 0 Å². The first-order valence-electron chi connectivity index (χ1n) is 7.38. The molecule has 0 saturated carbocycles. The Morgan fingerprint density at radius 3 is 1.57 bits per heavy atom. The van der Waals surface area contributed by atoms with Gasteiger partial charge in [0.1, 0.15) is 0 Å². The van der Waals surface area contributed by atoms with E-state index < -0.39 is 56.4 Å². The quantitative estimate of drug-likeness (QED) is 0.170. The standard InChI is InChI=1S/C15H28O8/c1-12(2-3-14(6-16,7-17)8-18)13(22)23-5-4-15(9-19,10-20)11-21/h16-21H,1-11H2. The molecule has 0 amide bonds. The average molecular weight is 336 g/mol. The van der Waals surface area contributed by atoms with E-state index in [1.807, 2.05) is 0 Å². The molecule has 0 spiro atoms. The molecule has 0 radical (unpaired) electrons. The van der Waals surface area contributed by atoms with Gasteiger partial charge in [0.2, 0.25) is 0 Å². The molecule has 0 unspecified atom stereocenters. The highest BCUT2D eigenvalue weighted by molar-refractivity contribution is 5.87. The number of esters is 1. The summed E-state index contributed by atoms with van der Waals surface area (Å²) in [6.07, 6.45) is 0.382. The molecule has 0 aliphatic carbocycles. The summed E-state index contributed by atoms with van der Waals surface area (Å²) in [6, 6.07) is 0. The molecule has 0 heterocycles. The van der Waals surface area contributed by atoms with Crippen molar-refractivity contribution in [2.24, 2.45) is 10.8 Å². The molecule has 0 aliphatic rings. The van der Waals surface area contributed by atoms with Gasteiger partial charge in [0.25, 0.3) is 0 Å². The summed E-state index contributed by atoms with van der Waals surface area (Å²) in [4.78, 5) is 11.8. The number of aliphatic hydroxyl groups excluding tert-OH is 6. The molecule has 8 heteroatoms. The largest absolute Gasteiger partial charge is 0.462 e. The van der Waals surface area contributed by atoms with Gasteiger partial charge in [-0.1, -0.05) is 6.58 Å². The SMILES string of the molecule is C=C(CCC(CO)(CO)CO)C(=O)OCCC(CO)(CO)CO. The van der Waals surface area contributed by atoms with Crippen molar-refractivity contribution in [2.45, 2.75) is 19.3 Å². The van der Waals surface area contributed by atoms with Crippen LogP contribution in [0.5, 0.6) is 0 Å². The molecular formula is C15H28O8. The minimum atomic E-state index is -1.11. The highest BCUT2D eigenvalue weighted by atomic mass is 16.5. The molecule has 0 bridgehead atoms. The monoisotopic (exact) mass is 336 g/mol. The first-order chi connectivity index (χ1) is 10.9. The zero-order valence-electron chi connectivity index (χ0n) is 13.3. The van der Waals surface area contributed by atoms with Crippen LogP contribution in [-0.4, -0.2) is 82.9 Å². The summed E-state index contributed by atoms with van der Waals surface area (Å²) in [6.45, 7) is 0.875. The van der Waals surface area contributed by atoms with E-state index in [-0.39, 0.29) is 31.4 Å². The number of carbonyl (C=O) groups excluding carboxylic acids is 1. The van der Waals surface area contributed by atoms with Crippen LogP contribution in [0.3, 0.4) is 0 Å². The first-order valence-corrected chi connectivity index (χ1v) is 7.38. The van der Waals surface area contributed by atoms with Crippen LogP contribution in [-0.2, 0) is 9.53 Å². The predicted molar refractivity (Wildman–Crippen MR) is 81.3 cm³/mol. The van der Waals surface area contributed by atoms with Gasteiger partial charge in [0.15, 0.2) is 0 Å². The van der Waals surface area contributed by atoms with Crippen LogP contribution in [0.4, 0.5) is 0 Å². The average Bonchev–Trinajstić information content (AvgIpc) is 2.60. The Kier molecular flexibility index (Phi) is 10.2. The third-order valence-corrected chi connectivity index (χ3v) is 4.12. The Balaban J connectivity index is 4.34. The molecule has 0 aromatic carbocycles. The summed E-state index contributed by atoms with van der Waals surface area (Å²) in [5.41, 5.74) is -2.07. The molecule has 0 aliphatic heterocycles. The zero-order valence-corrected chi connectivity index (χ0v) is 13.3. The minimum absolute atomic E-state index is 0.0867. The second-order valence-corrected chi connectivity index (χ2v) is 5.94. The van der Waals surface area contributed by atoms with Crippen molar-refractivity contribution in [3.8, 4) is 0 Å². The first kappa shape index (κ1) is 22.0. The summed E-state index contributed by atoms with van der Waals surface area (Å²) in [5.74, 6) is -0.685. The predicted octanol–water partition coefficient (Wildman–Crippen LogP) is -1.82. The smallest absolute Gasteiger partial charge is 0.333 e. The van der Waals surface area contributed by atoms with Gasteiger partial charge in [-0.15, -0.1) is 0 Å². The number of aliphatic hydroxyl groups is 6. The molecule has 0 aromatic rings. The van der Waals surface area contributed by atoms with Gasteiger partial charge in [0, 0.05) is 16.4 Å². The molecule has 136 valence electrons. The van der Waals surface area contributed by atoms with E-state index in [1.54, 1.807) is 0 Å². The Morgan fingerprint density at radius 2 is 1.17 bits per heavy atom. The Bertz CT molecular complexity index is 344. The van der Waals surface area contributed by atoms with Gasteiger partial charge < -0.3 is 35.4 Å². The molecule has 0 rings (SSSR count). The van der Waals surface area contributed by atoms with Crippen molar-refractivity contribution < 1.29 is 40.2 Å². The molecule has 6 N–H and O–H groups in total. The lowest BCUT2D eigenvalue weighted by Gasteiger charge is -2.28. The lowest BCUT2D eigenvalue weighted by Crippen LogP contribution is -2.35. The van der Waals surface area contributed by atoms with E-state index in [4.69, 9.17) is 20.1 Å². The summed E-state index contributed by atoms with van der Waals surface area (Å²) in [7, 11) is 0. The van der Waals surface area contributed by atoms with Crippen LogP contribution in [0.2, 0.25) is 0 Å². The van der Waals surface area contributed by atoms with E-state index in [0.29, 0.717) is 0 Å². The van der Waals surface area contributed by atoms with E-state index in [2.05, 4.69) is 6.58 Å². The van der Waals surface area contributed by atoms with Gasteiger partial charge in [0.05, 0.1) is 46.2 Å². The lowest BCUT2D eigenvalue weighted by molar-refractivity contribution is -0.141. The summed E-state index contributed by atoms with van der Waals surface area (Å²) >= 11 is 0. The fourth-order valence-electron chi connectivity index (χ4n) is 1.75. The molecule has 0 saturated heterocycles. The van der Waals surface area contributed by atoms with Gasteiger partial charge in [-0.25, -0.2) is 4.79 Å². The van der Waals surface area contributed by atoms with E-state index in [1.165, 1.54) is 0 Å². The third-order valence-electron chi connectivity index (χ3n) is 4.12. The van der Waals surface area contributed by atoms with Gasteiger partial charge >= 0.3 is 5.97 Å². The summed E-state index contributed by atoms with van der Waals surface area (Å²) < 4.78 is 4.97. The molecular weight excluding hydrogens is 308 g/mol. The minimum Gasteiger partial charge on any atom is -0.462 e. The zero-order chi connectivity index (χ0) is 17.9. The number of hydrogen-bond donors (Lipinski definition) is 6. The van der Waals surface area contributed by atoms with Gasteiger partial charge in [-0.3, -0.25) is 0 Å². The van der Waals surface area contributed by atoms with Crippen molar-refractivity contribution in [1.82, 2.24) is 0 Å². The fourth-order valence-corrected chi connectivity index (χ4v) is 1.75. The van der Waals surface area contributed by atoms with Crippen LogP contribution >= 0.6 is 0 Å². The van der Waals surface area contributed by atoms with Crippen LogP contribution in [0, 0.1) is 10.8 Å². The van der Waals surface area contributed by atoms with E-state index in [9.17, 15) is 20.1 Å². The normalized spacial score (nSPS) is 12.3. The number of hydrogen-bond acceptors (Lipinski definition) is 8. The van der Waals surface area contributed by atoms with Crippen molar-refractivity contribution in [3.05, 3.63) is 12.2 Å². The number of rotatable bonds is 13. The van der Waals surface area contributed by atoms with Crippen LogP contribution in [0.15, 0.2) is 12.2 Å². The number of carbonyl (C=O) groups is 1. The molecule has 0 fully saturated rings.